The number of rotatable bonds is 6. The summed E-state index contributed by atoms with van der Waals surface area (Å²) in [6.07, 6.45) is -0.840. The average Bonchev–Trinajstić information content (AvgIpc) is 3.51. The first kappa shape index (κ1) is 23.9. The Morgan fingerprint density at radius 2 is 1.74 bits per heavy atom. The Hall–Kier alpha value is -2.79. The van der Waals surface area contributed by atoms with E-state index in [0.717, 1.165) is 36.6 Å². The summed E-state index contributed by atoms with van der Waals surface area (Å²) in [5.74, 6) is 1.00. The van der Waals surface area contributed by atoms with Crippen molar-refractivity contribution < 1.29 is 17.9 Å². The molecule has 2 fully saturated rings. The topological polar surface area (TPSA) is 73.4 Å². The number of aromatic nitrogens is 4. The number of alkyl halides is 3. The third-order valence-corrected chi connectivity index (χ3v) is 6.91. The maximum atomic E-state index is 13.5. The molecule has 2 aromatic heterocycles. The zero-order valence-electron chi connectivity index (χ0n) is 19.4. The van der Waals surface area contributed by atoms with E-state index in [0.29, 0.717) is 37.8 Å². The summed E-state index contributed by atoms with van der Waals surface area (Å²) in [7, 11) is 0. The van der Waals surface area contributed by atoms with Crippen LogP contribution in [0.3, 0.4) is 0 Å². The largest absolute Gasteiger partial charge is 0.492 e. The summed E-state index contributed by atoms with van der Waals surface area (Å²) in [4.78, 5) is 14.5. The first-order chi connectivity index (χ1) is 16.8. The molecule has 0 amide bonds. The number of ether oxygens (including phenoxy) is 1. The molecular formula is C23H27ClF3N7O. The van der Waals surface area contributed by atoms with Crippen LogP contribution in [-0.2, 0) is 6.18 Å². The average molecular weight is 510 g/mol. The van der Waals surface area contributed by atoms with Crippen molar-refractivity contribution in [3.8, 4) is 5.75 Å². The predicted octanol–water partition coefficient (Wildman–Crippen LogP) is 4.13. The Bertz CT molecular complexity index is 1190. The monoisotopic (exact) mass is 509 g/mol. The third kappa shape index (κ3) is 4.97. The smallest absolute Gasteiger partial charge is 0.433 e. The lowest BCUT2D eigenvalue weighted by Gasteiger charge is -2.37. The van der Waals surface area contributed by atoms with E-state index in [4.69, 9.17) is 16.3 Å². The van der Waals surface area contributed by atoms with E-state index in [2.05, 4.69) is 30.0 Å². The number of nitrogens with zero attached hydrogens (tertiary/aromatic N) is 6. The molecule has 8 nitrogen and oxygen atoms in total. The molecular weight excluding hydrogens is 483 g/mol. The lowest BCUT2D eigenvalue weighted by molar-refractivity contribution is -0.139. The molecule has 2 saturated heterocycles. The summed E-state index contributed by atoms with van der Waals surface area (Å²) in [5.41, 5.74) is 1.06. The van der Waals surface area contributed by atoms with Gasteiger partial charge in [0.05, 0.1) is 5.39 Å². The minimum atomic E-state index is -4.57. The van der Waals surface area contributed by atoms with Crippen LogP contribution in [0.1, 0.15) is 24.1 Å². The molecule has 3 aromatic rings. The van der Waals surface area contributed by atoms with E-state index >= 15 is 0 Å². The van der Waals surface area contributed by atoms with Gasteiger partial charge in [0.15, 0.2) is 11.3 Å². The number of hydrogen-bond acceptors (Lipinski definition) is 7. The molecule has 0 aliphatic carbocycles. The van der Waals surface area contributed by atoms with Crippen LogP contribution in [-0.4, -0.2) is 77.5 Å². The summed E-state index contributed by atoms with van der Waals surface area (Å²) < 4.78 is 46.6. The van der Waals surface area contributed by atoms with Crippen LogP contribution in [0.15, 0.2) is 18.5 Å². The maximum absolute atomic E-state index is 13.5. The zero-order chi connectivity index (χ0) is 24.6. The minimum absolute atomic E-state index is 0.00570. The summed E-state index contributed by atoms with van der Waals surface area (Å²) in [6, 6.07) is 3.76. The van der Waals surface area contributed by atoms with Gasteiger partial charge in [-0.3, -0.25) is 10.00 Å². The van der Waals surface area contributed by atoms with Gasteiger partial charge in [-0.15, -0.1) is 0 Å². The van der Waals surface area contributed by atoms with Gasteiger partial charge >= 0.3 is 6.18 Å². The number of H-pyrrole nitrogens is 1. The molecule has 2 aliphatic heterocycles. The van der Waals surface area contributed by atoms with E-state index in [1.54, 1.807) is 0 Å². The Kier molecular flexibility index (Phi) is 6.63. The lowest BCUT2D eigenvalue weighted by atomic mass is 10.1. The van der Waals surface area contributed by atoms with E-state index in [9.17, 15) is 13.2 Å². The minimum Gasteiger partial charge on any atom is -0.492 e. The number of fused-ring (bicyclic) bond motifs is 1. The second-order valence-electron chi connectivity index (χ2n) is 8.91. The molecule has 4 heterocycles. The van der Waals surface area contributed by atoms with Crippen LogP contribution in [0.2, 0.25) is 5.02 Å². The van der Waals surface area contributed by atoms with E-state index in [-0.39, 0.29) is 16.9 Å². The van der Waals surface area contributed by atoms with Crippen molar-refractivity contribution in [2.75, 3.05) is 62.2 Å². The van der Waals surface area contributed by atoms with Crippen molar-refractivity contribution in [2.24, 2.45) is 0 Å². The van der Waals surface area contributed by atoms with Crippen LogP contribution in [0, 0.1) is 6.92 Å². The number of piperazine rings is 1. The Labute approximate surface area is 206 Å². The van der Waals surface area contributed by atoms with Crippen molar-refractivity contribution in [2.45, 2.75) is 25.9 Å². The fourth-order valence-electron chi connectivity index (χ4n) is 4.85. The predicted molar refractivity (Wildman–Crippen MR) is 128 cm³/mol. The standard InChI is InChI=1S/C23H27ClF3N7O/c1-15-17(12-16(24)13-18(15)35-11-10-32-4-2-3-5-32)33-6-8-34(9-7-33)22-19-20(23(25,26)27)30-31-21(19)28-14-29-22/h12-14H,2-11H2,1H3,(H,28,29,30,31). The molecule has 1 aromatic carbocycles. The van der Waals surface area contributed by atoms with Crippen LogP contribution in [0.4, 0.5) is 24.7 Å². The molecule has 188 valence electrons. The van der Waals surface area contributed by atoms with E-state index in [1.165, 1.54) is 19.2 Å². The Balaban J connectivity index is 1.30. The van der Waals surface area contributed by atoms with Crippen LogP contribution >= 0.6 is 11.6 Å². The van der Waals surface area contributed by atoms with E-state index < -0.39 is 11.9 Å². The van der Waals surface area contributed by atoms with Crippen LogP contribution in [0.5, 0.6) is 5.75 Å². The maximum Gasteiger partial charge on any atom is 0.433 e. The molecule has 0 atom stereocenters. The Morgan fingerprint density at radius 1 is 1.03 bits per heavy atom. The molecule has 0 radical (unpaired) electrons. The number of halogens is 4. The van der Waals surface area contributed by atoms with Crippen molar-refractivity contribution in [1.29, 1.82) is 0 Å². The SMILES string of the molecule is Cc1c(OCCN2CCCC2)cc(Cl)cc1N1CCN(c2ncnc3n[nH]c(C(F)(F)F)c23)CC1. The van der Waals surface area contributed by atoms with Gasteiger partial charge in [-0.05, 0) is 45.0 Å². The van der Waals surface area contributed by atoms with Crippen molar-refractivity contribution in [3.63, 3.8) is 0 Å². The second-order valence-corrected chi connectivity index (χ2v) is 9.35. The molecule has 12 heteroatoms. The summed E-state index contributed by atoms with van der Waals surface area (Å²) in [6.45, 7) is 7.92. The fourth-order valence-corrected chi connectivity index (χ4v) is 5.06. The normalized spacial score (nSPS) is 17.5. The molecule has 5 rings (SSSR count). The van der Waals surface area contributed by atoms with Gasteiger partial charge in [-0.2, -0.15) is 18.3 Å². The first-order valence-corrected chi connectivity index (χ1v) is 12.1. The molecule has 35 heavy (non-hydrogen) atoms. The van der Waals surface area contributed by atoms with Crippen LogP contribution < -0.4 is 14.5 Å². The lowest BCUT2D eigenvalue weighted by Crippen LogP contribution is -2.47. The zero-order valence-corrected chi connectivity index (χ0v) is 20.2. The first-order valence-electron chi connectivity index (χ1n) is 11.7. The van der Waals surface area contributed by atoms with Gasteiger partial charge in [-0.25, -0.2) is 9.97 Å². The summed E-state index contributed by atoms with van der Waals surface area (Å²) in [5, 5.41) is 6.29. The molecule has 1 N–H and O–H groups in total. The number of hydrogen-bond donors (Lipinski definition) is 1. The summed E-state index contributed by atoms with van der Waals surface area (Å²) >= 11 is 6.42. The quantitative estimate of drug-likeness (QED) is 0.535. The van der Waals surface area contributed by atoms with Crippen LogP contribution in [0.25, 0.3) is 11.0 Å². The van der Waals surface area contributed by atoms with E-state index in [1.807, 2.05) is 24.0 Å². The Morgan fingerprint density at radius 3 is 2.46 bits per heavy atom. The second kappa shape index (κ2) is 9.69. The highest BCUT2D eigenvalue weighted by atomic mass is 35.5. The molecule has 0 saturated carbocycles. The van der Waals surface area contributed by atoms with Gasteiger partial charge < -0.3 is 14.5 Å². The highest BCUT2D eigenvalue weighted by Gasteiger charge is 2.38. The third-order valence-electron chi connectivity index (χ3n) is 6.70. The number of likely N-dealkylation sites (tertiary alicyclic amines) is 1. The van der Waals surface area contributed by atoms with Gasteiger partial charge in [0.1, 0.15) is 24.5 Å². The number of aromatic amines is 1. The highest BCUT2D eigenvalue weighted by molar-refractivity contribution is 6.31. The van der Waals surface area contributed by atoms with Crippen molar-refractivity contribution in [3.05, 3.63) is 34.7 Å². The molecule has 0 unspecified atom stereocenters. The number of anilines is 2. The van der Waals surface area contributed by atoms with Gasteiger partial charge in [0, 0.05) is 49.0 Å². The van der Waals surface area contributed by atoms with Crippen molar-refractivity contribution in [1.82, 2.24) is 25.1 Å². The fraction of sp³-hybridized carbons (Fsp3) is 0.522. The number of nitrogens with one attached hydrogen (secondary N) is 1. The molecule has 0 spiro atoms. The number of benzene rings is 1. The van der Waals surface area contributed by atoms with Gasteiger partial charge in [0.25, 0.3) is 0 Å². The molecule has 0 bridgehead atoms. The van der Waals surface area contributed by atoms with Crippen molar-refractivity contribution >= 4 is 34.1 Å². The highest BCUT2D eigenvalue weighted by Crippen LogP contribution is 2.37. The van der Waals surface area contributed by atoms with Gasteiger partial charge in [-0.1, -0.05) is 11.6 Å². The molecule has 2 aliphatic rings. The van der Waals surface area contributed by atoms with Gasteiger partial charge in [0.2, 0.25) is 0 Å².